The van der Waals surface area contributed by atoms with Crippen molar-refractivity contribution < 1.29 is 9.50 Å². The first-order valence-corrected chi connectivity index (χ1v) is 7.98. The molecule has 1 saturated heterocycles. The van der Waals surface area contributed by atoms with Gasteiger partial charge in [-0.2, -0.15) is 11.8 Å². The molecule has 1 N–H and O–H groups in total. The molecule has 1 aliphatic heterocycles. The molecule has 1 aliphatic rings. The van der Waals surface area contributed by atoms with Gasteiger partial charge in [0.15, 0.2) is 0 Å². The average Bonchev–Trinajstić information content (AvgIpc) is 2.11. The van der Waals surface area contributed by atoms with Crippen molar-refractivity contribution in [2.45, 2.75) is 32.3 Å². The van der Waals surface area contributed by atoms with Gasteiger partial charge in [-0.3, -0.25) is 0 Å². The van der Waals surface area contributed by atoms with Crippen molar-refractivity contribution in [2.75, 3.05) is 11.5 Å². The Morgan fingerprint density at radius 2 is 2.06 bits per heavy atom. The SMILES string of the molecule is CC1(C)CSCC(O)(Cc2cc(F)cc(Br)c2)C1. The zero-order valence-electron chi connectivity index (χ0n) is 10.7. The molecule has 4 heteroatoms. The Bertz CT molecular complexity index is 429. The number of hydrogen-bond donors (Lipinski definition) is 1. The molecule has 1 nitrogen and oxygen atoms in total. The van der Waals surface area contributed by atoms with Gasteiger partial charge in [0.2, 0.25) is 0 Å². The fraction of sp³-hybridized carbons (Fsp3) is 0.571. The summed E-state index contributed by atoms with van der Waals surface area (Å²) < 4.78 is 14.1. The Morgan fingerprint density at radius 1 is 1.33 bits per heavy atom. The highest BCUT2D eigenvalue weighted by molar-refractivity contribution is 9.10. The summed E-state index contributed by atoms with van der Waals surface area (Å²) in [6.45, 7) is 4.34. The first-order valence-electron chi connectivity index (χ1n) is 6.03. The van der Waals surface area contributed by atoms with Crippen molar-refractivity contribution in [1.29, 1.82) is 0 Å². The largest absolute Gasteiger partial charge is 0.389 e. The Balaban J connectivity index is 2.16. The van der Waals surface area contributed by atoms with E-state index in [0.29, 0.717) is 6.42 Å². The molecule has 2 rings (SSSR count). The van der Waals surface area contributed by atoms with Gasteiger partial charge in [-0.25, -0.2) is 4.39 Å². The van der Waals surface area contributed by atoms with Crippen molar-refractivity contribution in [3.05, 3.63) is 34.1 Å². The molecule has 0 bridgehead atoms. The van der Waals surface area contributed by atoms with Crippen molar-refractivity contribution in [1.82, 2.24) is 0 Å². The molecular formula is C14H18BrFOS. The van der Waals surface area contributed by atoms with Crippen molar-refractivity contribution in [3.8, 4) is 0 Å². The number of benzene rings is 1. The van der Waals surface area contributed by atoms with Gasteiger partial charge in [0.1, 0.15) is 5.82 Å². The summed E-state index contributed by atoms with van der Waals surface area (Å²) in [5, 5.41) is 10.7. The van der Waals surface area contributed by atoms with Crippen LogP contribution in [0.2, 0.25) is 0 Å². The smallest absolute Gasteiger partial charge is 0.124 e. The van der Waals surface area contributed by atoms with E-state index in [4.69, 9.17) is 0 Å². The quantitative estimate of drug-likeness (QED) is 0.882. The number of aliphatic hydroxyl groups is 1. The standard InChI is InChI=1S/C14H18BrFOS/c1-13(2)7-14(17,9-18-8-13)6-10-3-11(15)5-12(16)4-10/h3-5,17H,6-9H2,1-2H3. The van der Waals surface area contributed by atoms with Crippen LogP contribution in [0.5, 0.6) is 0 Å². The van der Waals surface area contributed by atoms with Crippen LogP contribution in [0.25, 0.3) is 0 Å². The minimum atomic E-state index is -0.723. The van der Waals surface area contributed by atoms with E-state index in [2.05, 4.69) is 29.8 Å². The van der Waals surface area contributed by atoms with Gasteiger partial charge in [-0.05, 0) is 41.4 Å². The molecule has 18 heavy (non-hydrogen) atoms. The van der Waals surface area contributed by atoms with E-state index < -0.39 is 5.60 Å². The van der Waals surface area contributed by atoms with Crippen molar-refractivity contribution in [3.63, 3.8) is 0 Å². The highest BCUT2D eigenvalue weighted by Crippen LogP contribution is 2.40. The summed E-state index contributed by atoms with van der Waals surface area (Å²) in [6, 6.07) is 4.83. The molecule has 1 heterocycles. The molecule has 100 valence electrons. The third kappa shape index (κ3) is 3.72. The maximum absolute atomic E-state index is 13.3. The Kier molecular flexibility index (Phi) is 4.10. The van der Waals surface area contributed by atoms with E-state index in [1.54, 1.807) is 11.8 Å². The fourth-order valence-corrected chi connectivity index (χ4v) is 4.57. The van der Waals surface area contributed by atoms with Gasteiger partial charge in [-0.15, -0.1) is 0 Å². The topological polar surface area (TPSA) is 20.2 Å². The average molecular weight is 333 g/mol. The predicted molar refractivity (Wildman–Crippen MR) is 78.5 cm³/mol. The van der Waals surface area contributed by atoms with Gasteiger partial charge >= 0.3 is 0 Å². The Hall–Kier alpha value is -0.0600. The van der Waals surface area contributed by atoms with Crippen LogP contribution in [0.3, 0.4) is 0 Å². The van der Waals surface area contributed by atoms with E-state index in [1.165, 1.54) is 12.1 Å². The fourth-order valence-electron chi connectivity index (χ4n) is 2.72. The minimum Gasteiger partial charge on any atom is -0.389 e. The molecular weight excluding hydrogens is 315 g/mol. The van der Waals surface area contributed by atoms with E-state index in [-0.39, 0.29) is 11.2 Å². The molecule has 1 atom stereocenters. The summed E-state index contributed by atoms with van der Waals surface area (Å²) in [7, 11) is 0. The van der Waals surface area contributed by atoms with Gasteiger partial charge in [0.05, 0.1) is 5.60 Å². The lowest BCUT2D eigenvalue weighted by Crippen LogP contribution is -2.44. The third-order valence-corrected chi connectivity index (χ3v) is 5.31. The zero-order chi connectivity index (χ0) is 13.4. The molecule has 1 unspecified atom stereocenters. The van der Waals surface area contributed by atoms with Crippen LogP contribution in [-0.4, -0.2) is 22.2 Å². The van der Waals surface area contributed by atoms with Crippen LogP contribution >= 0.6 is 27.7 Å². The van der Waals surface area contributed by atoms with Crippen molar-refractivity contribution in [2.24, 2.45) is 5.41 Å². The van der Waals surface area contributed by atoms with E-state index >= 15 is 0 Å². The molecule has 1 fully saturated rings. The van der Waals surface area contributed by atoms with Crippen LogP contribution in [0.4, 0.5) is 4.39 Å². The van der Waals surface area contributed by atoms with E-state index in [9.17, 15) is 9.50 Å². The molecule has 0 radical (unpaired) electrons. The maximum Gasteiger partial charge on any atom is 0.124 e. The number of hydrogen-bond acceptors (Lipinski definition) is 2. The second-order valence-corrected chi connectivity index (χ2v) is 7.91. The minimum absolute atomic E-state index is 0.141. The predicted octanol–water partition coefficient (Wildman–Crippen LogP) is 4.02. The van der Waals surface area contributed by atoms with Crippen LogP contribution in [0, 0.1) is 11.2 Å². The van der Waals surface area contributed by atoms with Crippen LogP contribution in [0.15, 0.2) is 22.7 Å². The lowest BCUT2D eigenvalue weighted by Gasteiger charge is -2.41. The van der Waals surface area contributed by atoms with Crippen LogP contribution in [-0.2, 0) is 6.42 Å². The summed E-state index contributed by atoms with van der Waals surface area (Å²) in [5.74, 6) is 1.54. The highest BCUT2D eigenvalue weighted by atomic mass is 79.9. The summed E-state index contributed by atoms with van der Waals surface area (Å²) >= 11 is 5.07. The second-order valence-electron chi connectivity index (χ2n) is 6.01. The second kappa shape index (κ2) is 5.14. The first kappa shape index (κ1) is 14.4. The maximum atomic E-state index is 13.3. The van der Waals surface area contributed by atoms with Gasteiger partial charge in [0, 0.05) is 16.6 Å². The normalized spacial score (nSPS) is 27.2. The van der Waals surface area contributed by atoms with E-state index in [0.717, 1.165) is 28.0 Å². The van der Waals surface area contributed by atoms with Crippen LogP contribution in [0.1, 0.15) is 25.8 Å². The molecule has 1 aromatic carbocycles. The highest BCUT2D eigenvalue weighted by Gasteiger charge is 2.38. The molecule has 0 amide bonds. The molecule has 0 saturated carbocycles. The zero-order valence-corrected chi connectivity index (χ0v) is 13.1. The number of rotatable bonds is 2. The first-order chi connectivity index (χ1) is 8.28. The third-order valence-electron chi connectivity index (χ3n) is 3.13. The van der Waals surface area contributed by atoms with Gasteiger partial charge < -0.3 is 5.11 Å². The lowest BCUT2D eigenvalue weighted by molar-refractivity contribution is 0.0199. The molecule has 0 aromatic heterocycles. The molecule has 0 aliphatic carbocycles. The van der Waals surface area contributed by atoms with Gasteiger partial charge in [-0.1, -0.05) is 29.8 Å². The Labute approximate surface area is 120 Å². The monoisotopic (exact) mass is 332 g/mol. The van der Waals surface area contributed by atoms with E-state index in [1.807, 2.05) is 6.07 Å². The molecule has 1 aromatic rings. The Morgan fingerprint density at radius 3 is 2.67 bits per heavy atom. The van der Waals surface area contributed by atoms with Crippen LogP contribution < -0.4 is 0 Å². The summed E-state index contributed by atoms with van der Waals surface area (Å²) in [5.41, 5.74) is 0.268. The number of halogens is 2. The number of thioether (sulfide) groups is 1. The summed E-state index contributed by atoms with van der Waals surface area (Å²) in [6.07, 6.45) is 1.28. The van der Waals surface area contributed by atoms with Gasteiger partial charge in [0.25, 0.3) is 0 Å². The lowest BCUT2D eigenvalue weighted by atomic mass is 9.79. The molecule has 0 spiro atoms. The summed E-state index contributed by atoms with van der Waals surface area (Å²) in [4.78, 5) is 0. The van der Waals surface area contributed by atoms with Crippen molar-refractivity contribution >= 4 is 27.7 Å².